The number of rotatable bonds is 5. The fraction of sp³-hybridized carbons (Fsp3) is 0.600. The Morgan fingerprint density at radius 1 is 1.37 bits per heavy atom. The third-order valence-corrected chi connectivity index (χ3v) is 4.64. The molecule has 1 fully saturated rings. The second-order valence-electron chi connectivity index (χ2n) is 5.52. The van der Waals surface area contributed by atoms with Crippen LogP contribution in [-0.2, 0) is 0 Å². The van der Waals surface area contributed by atoms with Crippen molar-refractivity contribution >= 4 is 15.9 Å². The SMILES string of the molecule is CN(CC(O)c1ccccc1Br)CC1CCCC1O. The number of hydrogen-bond donors (Lipinski definition) is 2. The minimum absolute atomic E-state index is 0.164. The van der Waals surface area contributed by atoms with Crippen LogP contribution in [-0.4, -0.2) is 41.4 Å². The molecular weight excluding hydrogens is 306 g/mol. The van der Waals surface area contributed by atoms with E-state index in [0.29, 0.717) is 12.5 Å². The van der Waals surface area contributed by atoms with Crippen molar-refractivity contribution in [1.82, 2.24) is 4.90 Å². The zero-order chi connectivity index (χ0) is 13.8. The Kier molecular flexibility index (Phi) is 5.39. The molecule has 1 aromatic rings. The first-order valence-electron chi connectivity index (χ1n) is 6.87. The smallest absolute Gasteiger partial charge is 0.0927 e. The van der Waals surface area contributed by atoms with Gasteiger partial charge in [-0.25, -0.2) is 0 Å². The molecule has 19 heavy (non-hydrogen) atoms. The molecule has 4 heteroatoms. The minimum atomic E-state index is -0.501. The van der Waals surface area contributed by atoms with Gasteiger partial charge in [0.15, 0.2) is 0 Å². The highest BCUT2D eigenvalue weighted by Gasteiger charge is 2.26. The van der Waals surface area contributed by atoms with E-state index in [1.54, 1.807) is 0 Å². The van der Waals surface area contributed by atoms with Gasteiger partial charge < -0.3 is 15.1 Å². The number of likely N-dealkylation sites (N-methyl/N-ethyl adjacent to an activating group) is 1. The number of nitrogens with zero attached hydrogens (tertiary/aromatic N) is 1. The molecule has 2 rings (SSSR count). The van der Waals surface area contributed by atoms with Gasteiger partial charge in [0.25, 0.3) is 0 Å². The third kappa shape index (κ3) is 4.02. The van der Waals surface area contributed by atoms with Crippen LogP contribution in [0.25, 0.3) is 0 Å². The predicted octanol–water partition coefficient (Wildman–Crippen LogP) is 2.58. The highest BCUT2D eigenvalue weighted by molar-refractivity contribution is 9.10. The van der Waals surface area contributed by atoms with Crippen LogP contribution in [0.1, 0.15) is 30.9 Å². The summed E-state index contributed by atoms with van der Waals surface area (Å²) < 4.78 is 0.941. The molecule has 2 N–H and O–H groups in total. The topological polar surface area (TPSA) is 43.7 Å². The molecule has 1 aliphatic rings. The molecule has 0 spiro atoms. The Bertz CT molecular complexity index is 413. The van der Waals surface area contributed by atoms with Gasteiger partial charge >= 0.3 is 0 Å². The number of aliphatic hydroxyl groups excluding tert-OH is 2. The standard InChI is InChI=1S/C15H22BrNO2/c1-17(9-11-5-4-8-14(11)18)10-15(19)12-6-2-3-7-13(12)16/h2-3,6-7,11,14-15,18-19H,4-5,8-10H2,1H3. The minimum Gasteiger partial charge on any atom is -0.393 e. The zero-order valence-electron chi connectivity index (χ0n) is 11.3. The number of benzene rings is 1. The van der Waals surface area contributed by atoms with Gasteiger partial charge in [-0.1, -0.05) is 40.5 Å². The molecule has 1 aliphatic carbocycles. The van der Waals surface area contributed by atoms with E-state index in [9.17, 15) is 10.2 Å². The van der Waals surface area contributed by atoms with Crippen molar-refractivity contribution < 1.29 is 10.2 Å². The molecule has 0 saturated heterocycles. The van der Waals surface area contributed by atoms with Crippen molar-refractivity contribution in [3.8, 4) is 0 Å². The van der Waals surface area contributed by atoms with E-state index in [2.05, 4.69) is 20.8 Å². The van der Waals surface area contributed by atoms with Crippen molar-refractivity contribution in [3.05, 3.63) is 34.3 Å². The maximum Gasteiger partial charge on any atom is 0.0927 e. The molecular formula is C15H22BrNO2. The van der Waals surface area contributed by atoms with Crippen LogP contribution < -0.4 is 0 Å². The van der Waals surface area contributed by atoms with Crippen LogP contribution in [0.4, 0.5) is 0 Å². The van der Waals surface area contributed by atoms with Gasteiger partial charge in [0.2, 0.25) is 0 Å². The highest BCUT2D eigenvalue weighted by Crippen LogP contribution is 2.27. The zero-order valence-corrected chi connectivity index (χ0v) is 12.9. The van der Waals surface area contributed by atoms with Gasteiger partial charge in [-0.15, -0.1) is 0 Å². The lowest BCUT2D eigenvalue weighted by Gasteiger charge is -2.25. The first kappa shape index (κ1) is 15.0. The van der Waals surface area contributed by atoms with E-state index in [1.165, 1.54) is 0 Å². The lowest BCUT2D eigenvalue weighted by molar-refractivity contribution is 0.0819. The number of hydrogen-bond acceptors (Lipinski definition) is 3. The molecule has 0 bridgehead atoms. The first-order valence-corrected chi connectivity index (χ1v) is 7.66. The van der Waals surface area contributed by atoms with Crippen molar-refractivity contribution in [3.63, 3.8) is 0 Å². The number of aliphatic hydroxyl groups is 2. The summed E-state index contributed by atoms with van der Waals surface area (Å²) in [5, 5.41) is 20.1. The van der Waals surface area contributed by atoms with E-state index in [0.717, 1.165) is 35.8 Å². The summed E-state index contributed by atoms with van der Waals surface area (Å²) in [6, 6.07) is 7.76. The summed E-state index contributed by atoms with van der Waals surface area (Å²) in [5.41, 5.74) is 0.918. The maximum atomic E-state index is 10.3. The summed E-state index contributed by atoms with van der Waals surface area (Å²) in [7, 11) is 2.01. The maximum absolute atomic E-state index is 10.3. The quantitative estimate of drug-likeness (QED) is 0.873. The van der Waals surface area contributed by atoms with E-state index >= 15 is 0 Å². The van der Waals surface area contributed by atoms with E-state index < -0.39 is 6.10 Å². The molecule has 0 amide bonds. The molecule has 0 aliphatic heterocycles. The van der Waals surface area contributed by atoms with E-state index in [4.69, 9.17) is 0 Å². The largest absolute Gasteiger partial charge is 0.393 e. The molecule has 0 heterocycles. The molecule has 3 nitrogen and oxygen atoms in total. The summed E-state index contributed by atoms with van der Waals surface area (Å²) in [4.78, 5) is 2.11. The fourth-order valence-corrected chi connectivity index (χ4v) is 3.39. The second-order valence-corrected chi connectivity index (χ2v) is 6.37. The van der Waals surface area contributed by atoms with Gasteiger partial charge in [0.1, 0.15) is 0 Å². The number of halogens is 1. The van der Waals surface area contributed by atoms with Gasteiger partial charge in [-0.2, -0.15) is 0 Å². The molecule has 0 aromatic heterocycles. The molecule has 0 radical (unpaired) electrons. The Hall–Kier alpha value is -0.420. The Balaban J connectivity index is 1.88. The van der Waals surface area contributed by atoms with Gasteiger partial charge in [0.05, 0.1) is 12.2 Å². The summed E-state index contributed by atoms with van der Waals surface area (Å²) in [5.74, 6) is 0.358. The monoisotopic (exact) mass is 327 g/mol. The average molecular weight is 328 g/mol. The first-order chi connectivity index (χ1) is 9.08. The third-order valence-electron chi connectivity index (χ3n) is 3.91. The normalized spacial score (nSPS) is 24.9. The van der Waals surface area contributed by atoms with Crippen LogP contribution >= 0.6 is 15.9 Å². The van der Waals surface area contributed by atoms with Crippen LogP contribution in [0.5, 0.6) is 0 Å². The summed E-state index contributed by atoms with van der Waals surface area (Å²) >= 11 is 3.47. The van der Waals surface area contributed by atoms with E-state index in [1.807, 2.05) is 31.3 Å². The van der Waals surface area contributed by atoms with Gasteiger partial charge in [-0.3, -0.25) is 0 Å². The van der Waals surface area contributed by atoms with Crippen molar-refractivity contribution in [1.29, 1.82) is 0 Å². The fourth-order valence-electron chi connectivity index (χ4n) is 2.84. The molecule has 3 atom stereocenters. The highest BCUT2D eigenvalue weighted by atomic mass is 79.9. The Labute approximate surface area is 123 Å². The summed E-state index contributed by atoms with van der Waals surface area (Å²) in [6.07, 6.45) is 2.47. The van der Waals surface area contributed by atoms with E-state index in [-0.39, 0.29) is 6.10 Å². The van der Waals surface area contributed by atoms with Crippen LogP contribution in [0.15, 0.2) is 28.7 Å². The second kappa shape index (κ2) is 6.84. The van der Waals surface area contributed by atoms with Crippen molar-refractivity contribution in [2.24, 2.45) is 5.92 Å². The van der Waals surface area contributed by atoms with Crippen LogP contribution in [0, 0.1) is 5.92 Å². The predicted molar refractivity (Wildman–Crippen MR) is 79.9 cm³/mol. The molecule has 106 valence electrons. The molecule has 1 aromatic carbocycles. The lowest BCUT2D eigenvalue weighted by atomic mass is 10.0. The average Bonchev–Trinajstić information content (AvgIpc) is 2.75. The van der Waals surface area contributed by atoms with Gasteiger partial charge in [-0.05, 0) is 37.4 Å². The molecule has 3 unspecified atom stereocenters. The molecule has 1 saturated carbocycles. The van der Waals surface area contributed by atoms with Crippen LogP contribution in [0.2, 0.25) is 0 Å². The Morgan fingerprint density at radius 3 is 2.74 bits per heavy atom. The van der Waals surface area contributed by atoms with Gasteiger partial charge in [0, 0.05) is 17.6 Å². The van der Waals surface area contributed by atoms with Crippen molar-refractivity contribution in [2.75, 3.05) is 20.1 Å². The summed E-state index contributed by atoms with van der Waals surface area (Å²) in [6.45, 7) is 1.44. The lowest BCUT2D eigenvalue weighted by Crippen LogP contribution is -2.32. The van der Waals surface area contributed by atoms with Crippen LogP contribution in [0.3, 0.4) is 0 Å². The van der Waals surface area contributed by atoms with Crippen molar-refractivity contribution in [2.45, 2.75) is 31.5 Å². The Morgan fingerprint density at radius 2 is 2.11 bits per heavy atom.